The van der Waals surface area contributed by atoms with Crippen LogP contribution in [0.2, 0.25) is 0 Å². The molecule has 0 saturated heterocycles. The van der Waals surface area contributed by atoms with Gasteiger partial charge in [0.05, 0.1) is 5.56 Å². The number of benzene rings is 1. The van der Waals surface area contributed by atoms with Crippen molar-refractivity contribution >= 4 is 35.0 Å². The Morgan fingerprint density at radius 1 is 1.44 bits per heavy atom. The molecule has 1 aliphatic rings. The van der Waals surface area contributed by atoms with Crippen molar-refractivity contribution in [2.45, 2.75) is 17.2 Å². The summed E-state index contributed by atoms with van der Waals surface area (Å²) in [4.78, 5) is 16.3. The van der Waals surface area contributed by atoms with E-state index >= 15 is 0 Å². The number of nitrogens with two attached hydrogens (primary N) is 1. The minimum atomic E-state index is -0.705. The third kappa shape index (κ3) is 3.37. The van der Waals surface area contributed by atoms with Crippen molar-refractivity contribution in [3.8, 4) is 0 Å². The molecule has 0 aliphatic heterocycles. The summed E-state index contributed by atoms with van der Waals surface area (Å²) in [6.07, 6.45) is 1.11. The van der Waals surface area contributed by atoms with Gasteiger partial charge < -0.3 is 10.6 Å². The summed E-state index contributed by atoms with van der Waals surface area (Å²) >= 11 is 11.7. The van der Waals surface area contributed by atoms with Crippen LogP contribution in [0.25, 0.3) is 0 Å². The van der Waals surface area contributed by atoms with E-state index in [4.69, 9.17) is 33.8 Å². The molecule has 1 atom stereocenters. The molecule has 4 nitrogen and oxygen atoms in total. The first kappa shape index (κ1) is 13.2. The molecule has 0 bridgehead atoms. The molecule has 1 saturated carbocycles. The van der Waals surface area contributed by atoms with Gasteiger partial charge in [-0.1, -0.05) is 23.4 Å². The van der Waals surface area contributed by atoms with Crippen LogP contribution in [0, 0.1) is 5.92 Å². The Morgan fingerprint density at radius 3 is 2.61 bits per heavy atom. The number of rotatable bonds is 4. The SMILES string of the molecule is N/C(C[C@@H]1CC1(Cl)Cl)=N/OC(=O)c1ccccc1. The third-order valence-corrected chi connectivity index (χ3v) is 3.59. The van der Waals surface area contributed by atoms with Crippen LogP contribution in [0.5, 0.6) is 0 Å². The molecule has 0 amide bonds. The molecule has 0 aromatic heterocycles. The van der Waals surface area contributed by atoms with Crippen LogP contribution in [0.1, 0.15) is 23.2 Å². The molecule has 1 fully saturated rings. The van der Waals surface area contributed by atoms with Crippen molar-refractivity contribution < 1.29 is 9.63 Å². The van der Waals surface area contributed by atoms with Gasteiger partial charge in [0.1, 0.15) is 10.2 Å². The van der Waals surface area contributed by atoms with Crippen LogP contribution in [-0.2, 0) is 4.84 Å². The molecule has 18 heavy (non-hydrogen) atoms. The fourth-order valence-corrected chi connectivity index (χ4v) is 2.03. The molecular formula is C12H12Cl2N2O2. The highest BCUT2D eigenvalue weighted by Crippen LogP contribution is 2.54. The first-order chi connectivity index (χ1) is 8.49. The second-order valence-corrected chi connectivity index (χ2v) is 5.74. The topological polar surface area (TPSA) is 64.7 Å². The number of hydrogen-bond acceptors (Lipinski definition) is 3. The highest BCUT2D eigenvalue weighted by Gasteiger charge is 2.51. The smallest absolute Gasteiger partial charge is 0.365 e. The summed E-state index contributed by atoms with van der Waals surface area (Å²) in [5.74, 6) is -0.246. The Bertz CT molecular complexity index is 474. The van der Waals surface area contributed by atoms with Crippen molar-refractivity contribution in [1.82, 2.24) is 0 Å². The lowest BCUT2D eigenvalue weighted by atomic mass is 10.2. The van der Waals surface area contributed by atoms with Crippen molar-refractivity contribution in [3.05, 3.63) is 35.9 Å². The molecule has 0 radical (unpaired) electrons. The molecular weight excluding hydrogens is 275 g/mol. The van der Waals surface area contributed by atoms with Crippen molar-refractivity contribution in [2.24, 2.45) is 16.8 Å². The molecule has 6 heteroatoms. The van der Waals surface area contributed by atoms with Gasteiger partial charge in [0, 0.05) is 12.3 Å². The minimum absolute atomic E-state index is 0.0833. The number of nitrogens with zero attached hydrogens (tertiary/aromatic N) is 1. The monoisotopic (exact) mass is 286 g/mol. The van der Waals surface area contributed by atoms with Gasteiger partial charge in [-0.25, -0.2) is 4.79 Å². The lowest BCUT2D eigenvalue weighted by Crippen LogP contribution is -2.15. The Kier molecular flexibility index (Phi) is 3.78. The van der Waals surface area contributed by atoms with E-state index in [1.807, 2.05) is 6.07 Å². The van der Waals surface area contributed by atoms with Gasteiger partial charge in [-0.15, -0.1) is 23.2 Å². The highest BCUT2D eigenvalue weighted by molar-refractivity contribution is 6.51. The van der Waals surface area contributed by atoms with E-state index in [0.717, 1.165) is 0 Å². The average Bonchev–Trinajstić information content (AvgIpc) is 2.94. The Labute approximate surface area is 115 Å². The molecule has 1 aromatic carbocycles. The zero-order chi connectivity index (χ0) is 13.2. The van der Waals surface area contributed by atoms with Crippen molar-refractivity contribution in [2.75, 3.05) is 0 Å². The maximum absolute atomic E-state index is 11.5. The number of halogens is 2. The highest BCUT2D eigenvalue weighted by atomic mass is 35.5. The number of oxime groups is 1. The molecule has 0 heterocycles. The number of alkyl halides is 2. The number of amidine groups is 1. The van der Waals surface area contributed by atoms with E-state index < -0.39 is 10.3 Å². The average molecular weight is 287 g/mol. The Balaban J connectivity index is 1.85. The van der Waals surface area contributed by atoms with Gasteiger partial charge in [0.2, 0.25) is 0 Å². The first-order valence-electron chi connectivity index (χ1n) is 5.45. The Hall–Kier alpha value is -1.26. The quantitative estimate of drug-likeness (QED) is 0.304. The zero-order valence-electron chi connectivity index (χ0n) is 9.48. The summed E-state index contributed by atoms with van der Waals surface area (Å²) in [5.41, 5.74) is 6.04. The normalized spacial score (nSPS) is 21.4. The van der Waals surface area contributed by atoms with Gasteiger partial charge in [-0.2, -0.15) is 0 Å². The second kappa shape index (κ2) is 5.16. The summed E-state index contributed by atoms with van der Waals surface area (Å²) in [6, 6.07) is 8.56. The zero-order valence-corrected chi connectivity index (χ0v) is 11.0. The van der Waals surface area contributed by atoms with E-state index in [-0.39, 0.29) is 11.8 Å². The lowest BCUT2D eigenvalue weighted by molar-refractivity contribution is 0.0514. The largest absolute Gasteiger partial charge is 0.384 e. The van der Waals surface area contributed by atoms with Crippen molar-refractivity contribution in [1.29, 1.82) is 0 Å². The molecule has 2 N–H and O–H groups in total. The van der Waals surface area contributed by atoms with Gasteiger partial charge in [0.25, 0.3) is 0 Å². The van der Waals surface area contributed by atoms with Crippen LogP contribution in [0.4, 0.5) is 0 Å². The lowest BCUT2D eigenvalue weighted by Gasteiger charge is -2.01. The van der Waals surface area contributed by atoms with Crippen LogP contribution >= 0.6 is 23.2 Å². The van der Waals surface area contributed by atoms with Crippen LogP contribution in [0.3, 0.4) is 0 Å². The van der Waals surface area contributed by atoms with Gasteiger partial charge in [0.15, 0.2) is 0 Å². The van der Waals surface area contributed by atoms with E-state index in [9.17, 15) is 4.79 Å². The molecule has 1 aromatic rings. The van der Waals surface area contributed by atoms with Gasteiger partial charge >= 0.3 is 5.97 Å². The summed E-state index contributed by atoms with van der Waals surface area (Å²) in [5, 5.41) is 3.57. The van der Waals surface area contributed by atoms with E-state index in [2.05, 4.69) is 5.16 Å². The van der Waals surface area contributed by atoms with Crippen LogP contribution in [0.15, 0.2) is 35.5 Å². The van der Waals surface area contributed by atoms with Gasteiger partial charge in [-0.3, -0.25) is 0 Å². The number of hydrogen-bond donors (Lipinski definition) is 1. The van der Waals surface area contributed by atoms with Crippen LogP contribution < -0.4 is 5.73 Å². The summed E-state index contributed by atoms with van der Waals surface area (Å²) in [6.45, 7) is 0. The fraction of sp³-hybridized carbons (Fsp3) is 0.333. The standard InChI is InChI=1S/C12H12Cl2N2O2/c13-12(14)7-9(12)6-10(15)16-18-11(17)8-4-2-1-3-5-8/h1-5,9H,6-7H2,(H2,15,16)/t9-/m1/s1. The van der Waals surface area contributed by atoms with E-state index in [1.54, 1.807) is 24.3 Å². The molecule has 1 aliphatic carbocycles. The maximum atomic E-state index is 11.5. The second-order valence-electron chi connectivity index (χ2n) is 4.19. The molecule has 96 valence electrons. The fourth-order valence-electron chi connectivity index (χ4n) is 1.51. The Morgan fingerprint density at radius 2 is 2.06 bits per heavy atom. The molecule has 0 spiro atoms. The third-order valence-electron chi connectivity index (χ3n) is 2.67. The maximum Gasteiger partial charge on any atom is 0.365 e. The molecule has 2 rings (SSSR count). The summed E-state index contributed by atoms with van der Waals surface area (Å²) in [7, 11) is 0. The number of carbonyl (C=O) groups excluding carboxylic acids is 1. The first-order valence-corrected chi connectivity index (χ1v) is 6.21. The predicted molar refractivity (Wildman–Crippen MR) is 70.6 cm³/mol. The van der Waals surface area contributed by atoms with E-state index in [1.165, 1.54) is 0 Å². The van der Waals surface area contributed by atoms with Crippen molar-refractivity contribution in [3.63, 3.8) is 0 Å². The summed E-state index contributed by atoms with van der Waals surface area (Å²) < 4.78 is -0.705. The molecule has 0 unspecified atom stereocenters. The number of carbonyl (C=O) groups is 1. The minimum Gasteiger partial charge on any atom is -0.384 e. The van der Waals surface area contributed by atoms with Crippen LogP contribution in [-0.4, -0.2) is 16.1 Å². The predicted octanol–water partition coefficient (Wildman–Crippen LogP) is 2.70. The van der Waals surface area contributed by atoms with E-state index in [0.29, 0.717) is 18.4 Å². The van der Waals surface area contributed by atoms with Gasteiger partial charge in [-0.05, 0) is 18.6 Å².